The summed E-state index contributed by atoms with van der Waals surface area (Å²) in [6, 6.07) is 18.2. The smallest absolute Gasteiger partial charge is 0.0724 e. The van der Waals surface area contributed by atoms with Crippen LogP contribution in [0, 0.1) is 0 Å². The fraction of sp³-hybridized carbons (Fsp3) is 0.188. The quantitative estimate of drug-likeness (QED) is 0.640. The average Bonchev–Trinajstić information content (AvgIpc) is 2.40. The van der Waals surface area contributed by atoms with Crippen LogP contribution in [-0.2, 0) is 0 Å². The summed E-state index contributed by atoms with van der Waals surface area (Å²) >= 11 is 0. The summed E-state index contributed by atoms with van der Waals surface area (Å²) in [5.41, 5.74) is 9.94. The van der Waals surface area contributed by atoms with Gasteiger partial charge in [-0.3, -0.25) is 4.99 Å². The van der Waals surface area contributed by atoms with Gasteiger partial charge in [-0.1, -0.05) is 48.5 Å². The van der Waals surface area contributed by atoms with E-state index < -0.39 is 0 Å². The Hall–Kier alpha value is -2.09. The van der Waals surface area contributed by atoms with E-state index in [1.165, 1.54) is 5.56 Å². The van der Waals surface area contributed by atoms with Crippen molar-refractivity contribution >= 4 is 11.4 Å². The maximum Gasteiger partial charge on any atom is 0.0724 e. The van der Waals surface area contributed by atoms with E-state index in [4.69, 9.17) is 10.7 Å². The second-order valence-electron chi connectivity index (χ2n) is 4.39. The van der Waals surface area contributed by atoms with Crippen LogP contribution >= 0.6 is 0 Å². The van der Waals surface area contributed by atoms with Crippen LogP contribution in [0.25, 0.3) is 0 Å². The van der Waals surface area contributed by atoms with E-state index in [0.29, 0.717) is 0 Å². The molecule has 2 aromatic carbocycles. The Kier molecular flexibility index (Phi) is 3.78. The summed E-state index contributed by atoms with van der Waals surface area (Å²) < 4.78 is 0. The molecule has 92 valence electrons. The number of rotatable bonds is 3. The molecule has 2 heteroatoms. The Labute approximate surface area is 108 Å². The lowest BCUT2D eigenvalue weighted by atomic mass is 10.1. The highest BCUT2D eigenvalue weighted by atomic mass is 14.8. The van der Waals surface area contributed by atoms with Crippen molar-refractivity contribution in [1.82, 2.24) is 0 Å². The van der Waals surface area contributed by atoms with Gasteiger partial charge in [0.25, 0.3) is 0 Å². The Morgan fingerprint density at radius 3 is 2.28 bits per heavy atom. The monoisotopic (exact) mass is 238 g/mol. The van der Waals surface area contributed by atoms with Gasteiger partial charge in [0.2, 0.25) is 0 Å². The molecule has 2 rings (SSSR count). The summed E-state index contributed by atoms with van der Waals surface area (Å²) in [6.45, 7) is 4.10. The van der Waals surface area contributed by atoms with Crippen LogP contribution in [0.3, 0.4) is 0 Å². The van der Waals surface area contributed by atoms with Gasteiger partial charge in [-0.25, -0.2) is 0 Å². The molecule has 0 radical (unpaired) electrons. The van der Waals surface area contributed by atoms with Crippen LogP contribution in [0.5, 0.6) is 0 Å². The van der Waals surface area contributed by atoms with Crippen molar-refractivity contribution in [3.63, 3.8) is 0 Å². The van der Waals surface area contributed by atoms with Crippen molar-refractivity contribution in [3.05, 3.63) is 65.7 Å². The van der Waals surface area contributed by atoms with Gasteiger partial charge in [-0.15, -0.1) is 0 Å². The van der Waals surface area contributed by atoms with Gasteiger partial charge >= 0.3 is 0 Å². The highest BCUT2D eigenvalue weighted by molar-refractivity contribution is 6.03. The molecule has 0 amide bonds. The topological polar surface area (TPSA) is 38.4 Å². The molecule has 2 aromatic rings. The standard InChI is InChI=1S/C16H18N2/c1-12(14-8-4-3-5-9-14)18-13(2)15-10-6-7-11-16(15)17/h3-12H,17H2,1-2H3/t12-/m1/s1. The van der Waals surface area contributed by atoms with E-state index in [1.54, 1.807) is 0 Å². The van der Waals surface area contributed by atoms with E-state index in [9.17, 15) is 0 Å². The van der Waals surface area contributed by atoms with Gasteiger partial charge in [-0.05, 0) is 25.5 Å². The van der Waals surface area contributed by atoms with E-state index in [1.807, 2.05) is 49.4 Å². The normalized spacial score (nSPS) is 13.3. The molecule has 0 spiro atoms. The van der Waals surface area contributed by atoms with Gasteiger partial charge in [-0.2, -0.15) is 0 Å². The van der Waals surface area contributed by atoms with Crippen molar-refractivity contribution < 1.29 is 0 Å². The van der Waals surface area contributed by atoms with Gasteiger partial charge in [0.05, 0.1) is 6.04 Å². The molecule has 0 heterocycles. The minimum absolute atomic E-state index is 0.144. The molecule has 18 heavy (non-hydrogen) atoms. The Morgan fingerprint density at radius 1 is 1.00 bits per heavy atom. The first-order valence-electron chi connectivity index (χ1n) is 6.12. The second-order valence-corrected chi connectivity index (χ2v) is 4.39. The lowest BCUT2D eigenvalue weighted by molar-refractivity contribution is 0.820. The second kappa shape index (κ2) is 5.50. The molecule has 0 aliphatic heterocycles. The predicted octanol–water partition coefficient (Wildman–Crippen LogP) is 3.84. The average molecular weight is 238 g/mol. The number of benzene rings is 2. The zero-order chi connectivity index (χ0) is 13.0. The number of anilines is 1. The molecule has 0 bridgehead atoms. The van der Waals surface area contributed by atoms with Crippen molar-refractivity contribution in [2.45, 2.75) is 19.9 Å². The molecule has 0 fully saturated rings. The molecule has 0 aromatic heterocycles. The summed E-state index contributed by atoms with van der Waals surface area (Å²) in [5, 5.41) is 0. The number of aliphatic imine (C=N–C) groups is 1. The van der Waals surface area contributed by atoms with Crippen LogP contribution in [0.1, 0.15) is 31.0 Å². The van der Waals surface area contributed by atoms with Crippen LogP contribution in [0.15, 0.2) is 59.6 Å². The van der Waals surface area contributed by atoms with Crippen LogP contribution in [-0.4, -0.2) is 5.71 Å². The highest BCUT2D eigenvalue weighted by Crippen LogP contribution is 2.19. The number of hydrogen-bond acceptors (Lipinski definition) is 2. The molecule has 0 aliphatic rings. The number of nitrogen functional groups attached to an aromatic ring is 1. The fourth-order valence-corrected chi connectivity index (χ4v) is 1.99. The molecule has 0 aliphatic carbocycles. The molecule has 2 nitrogen and oxygen atoms in total. The SMILES string of the molecule is CC(=N[C@H](C)c1ccccc1)c1ccccc1N. The zero-order valence-electron chi connectivity index (χ0n) is 10.8. The van der Waals surface area contributed by atoms with Crippen LogP contribution in [0.2, 0.25) is 0 Å². The minimum atomic E-state index is 0.144. The Morgan fingerprint density at radius 2 is 1.61 bits per heavy atom. The highest BCUT2D eigenvalue weighted by Gasteiger charge is 2.06. The van der Waals surface area contributed by atoms with Crippen molar-refractivity contribution in [3.8, 4) is 0 Å². The third kappa shape index (κ3) is 2.77. The summed E-state index contributed by atoms with van der Waals surface area (Å²) in [7, 11) is 0. The lowest BCUT2D eigenvalue weighted by Gasteiger charge is -2.10. The molecule has 0 unspecified atom stereocenters. The van der Waals surface area contributed by atoms with Crippen LogP contribution < -0.4 is 5.73 Å². The van der Waals surface area contributed by atoms with E-state index >= 15 is 0 Å². The summed E-state index contributed by atoms with van der Waals surface area (Å²) in [4.78, 5) is 4.71. The fourth-order valence-electron chi connectivity index (χ4n) is 1.99. The van der Waals surface area contributed by atoms with Gasteiger partial charge in [0.15, 0.2) is 0 Å². The van der Waals surface area contributed by atoms with Gasteiger partial charge < -0.3 is 5.73 Å². The Balaban J connectivity index is 2.26. The molecule has 0 saturated heterocycles. The largest absolute Gasteiger partial charge is 0.398 e. The zero-order valence-corrected chi connectivity index (χ0v) is 10.8. The van der Waals surface area contributed by atoms with E-state index in [0.717, 1.165) is 17.0 Å². The first-order valence-corrected chi connectivity index (χ1v) is 6.12. The third-order valence-electron chi connectivity index (χ3n) is 3.02. The third-order valence-corrected chi connectivity index (χ3v) is 3.02. The minimum Gasteiger partial charge on any atom is -0.398 e. The lowest BCUT2D eigenvalue weighted by Crippen LogP contribution is -2.02. The summed E-state index contributed by atoms with van der Waals surface area (Å²) in [6.07, 6.45) is 0. The van der Waals surface area contributed by atoms with E-state index in [-0.39, 0.29) is 6.04 Å². The number of hydrogen-bond donors (Lipinski definition) is 1. The Bertz CT molecular complexity index is 544. The van der Waals surface area contributed by atoms with Crippen molar-refractivity contribution in [2.75, 3.05) is 5.73 Å². The first-order chi connectivity index (χ1) is 8.68. The number of nitrogens with two attached hydrogens (primary N) is 1. The van der Waals surface area contributed by atoms with Gasteiger partial charge in [0.1, 0.15) is 0 Å². The number of para-hydroxylation sites is 1. The first kappa shape index (κ1) is 12.4. The molecule has 2 N–H and O–H groups in total. The molecule has 0 saturated carbocycles. The maximum absolute atomic E-state index is 5.96. The van der Waals surface area contributed by atoms with Crippen LogP contribution in [0.4, 0.5) is 5.69 Å². The maximum atomic E-state index is 5.96. The van der Waals surface area contributed by atoms with Gasteiger partial charge in [0, 0.05) is 17.0 Å². The predicted molar refractivity (Wildman–Crippen MR) is 77.9 cm³/mol. The van der Waals surface area contributed by atoms with Crippen molar-refractivity contribution in [2.24, 2.45) is 4.99 Å². The molecular weight excluding hydrogens is 220 g/mol. The van der Waals surface area contributed by atoms with Crippen molar-refractivity contribution in [1.29, 1.82) is 0 Å². The summed E-state index contributed by atoms with van der Waals surface area (Å²) in [5.74, 6) is 0. The van der Waals surface area contributed by atoms with E-state index in [2.05, 4.69) is 19.1 Å². The molecule has 1 atom stereocenters. The molecular formula is C16H18N2. The number of nitrogens with zero attached hydrogens (tertiary/aromatic N) is 1.